The number of carbonyl (C=O) groups excluding carboxylic acids is 3. The zero-order valence-corrected chi connectivity index (χ0v) is 40.3. The maximum atomic E-state index is 12.8. The largest absolute Gasteiger partial charge is 0.472 e. The Morgan fingerprint density at radius 1 is 0.721 bits per heavy atom. The normalized spacial score (nSPS) is 19.0. The van der Waals surface area contributed by atoms with E-state index in [1.807, 2.05) is 21.1 Å². The van der Waals surface area contributed by atoms with Crippen LogP contribution < -0.4 is 0 Å². The van der Waals surface area contributed by atoms with E-state index in [4.69, 9.17) is 18.5 Å². The van der Waals surface area contributed by atoms with Gasteiger partial charge in [0.25, 0.3) is 0 Å². The predicted octanol–water partition coefficient (Wildman–Crippen LogP) is 10.7. The molecule has 1 saturated carbocycles. The molecular weight excluding hydrogens is 797 g/mol. The number of unbranched alkanes of at least 4 members (excludes halogenated alkanes) is 21. The Balaban J connectivity index is 2.41. The molecule has 0 aromatic rings. The van der Waals surface area contributed by atoms with E-state index in [1.165, 1.54) is 83.5 Å². The summed E-state index contributed by atoms with van der Waals surface area (Å²) in [4.78, 5) is 48.2. The van der Waals surface area contributed by atoms with Crippen molar-refractivity contribution in [2.75, 3.05) is 47.5 Å². The van der Waals surface area contributed by atoms with Crippen molar-refractivity contribution in [1.82, 2.24) is 0 Å². The average molecular weight is 889 g/mol. The number of quaternary nitrogens is 1. The number of aliphatic hydroxyl groups excluding tert-OH is 2. The summed E-state index contributed by atoms with van der Waals surface area (Å²) < 4.78 is 34.4. The summed E-state index contributed by atoms with van der Waals surface area (Å²) in [6.45, 7) is 4.07. The van der Waals surface area contributed by atoms with Crippen molar-refractivity contribution < 1.29 is 57.1 Å². The molecule has 0 radical (unpaired) electrons. The maximum absolute atomic E-state index is 12.8. The highest BCUT2D eigenvalue weighted by Crippen LogP contribution is 2.43. The summed E-state index contributed by atoms with van der Waals surface area (Å²) in [6.07, 6.45) is 30.1. The lowest BCUT2D eigenvalue weighted by atomic mass is 9.88. The van der Waals surface area contributed by atoms with Gasteiger partial charge in [0.1, 0.15) is 25.5 Å². The van der Waals surface area contributed by atoms with Crippen LogP contribution in [0.15, 0.2) is 12.2 Å². The summed E-state index contributed by atoms with van der Waals surface area (Å²) in [7, 11) is 1.34. The van der Waals surface area contributed by atoms with E-state index >= 15 is 0 Å². The standard InChI is InChI=1S/C48H90NO11P/c1-6-8-10-11-12-13-14-15-16-17-18-19-20-21-22-23-28-32-47(53)57-39-42(40-59-61(55,56)58-37-36-49(3,4)5)60-48(54)33-29-25-24-27-31-43-44(46(52)38-45(43)51)35-34-41(50)30-26-9-7-2/h34-35,41-45,50-51H,6-33,36-40H2,1-5H3/p+1/b35-34+/t41-,42+,43+,44+,45-/m0/s1. The minimum atomic E-state index is -4.44. The first-order chi connectivity index (χ1) is 29.2. The molecule has 1 fully saturated rings. The van der Waals surface area contributed by atoms with Crippen LogP contribution in [0.5, 0.6) is 0 Å². The highest BCUT2D eigenvalue weighted by Gasteiger charge is 2.39. The van der Waals surface area contributed by atoms with E-state index in [1.54, 1.807) is 12.2 Å². The molecule has 0 aromatic heterocycles. The second-order valence-corrected chi connectivity index (χ2v) is 20.1. The van der Waals surface area contributed by atoms with E-state index in [2.05, 4.69) is 13.8 Å². The van der Waals surface area contributed by atoms with Gasteiger partial charge < -0.3 is 29.1 Å². The van der Waals surface area contributed by atoms with Gasteiger partial charge >= 0.3 is 19.8 Å². The zero-order chi connectivity index (χ0) is 45.2. The number of ether oxygens (including phenoxy) is 2. The van der Waals surface area contributed by atoms with Crippen molar-refractivity contribution in [2.45, 2.75) is 218 Å². The molecule has 3 N–H and O–H groups in total. The smallest absolute Gasteiger partial charge is 0.462 e. The molecule has 61 heavy (non-hydrogen) atoms. The third-order valence-electron chi connectivity index (χ3n) is 11.7. The minimum absolute atomic E-state index is 0.00476. The number of aliphatic hydroxyl groups is 2. The molecule has 0 saturated heterocycles. The number of carbonyl (C=O) groups is 3. The Morgan fingerprint density at radius 2 is 1.21 bits per heavy atom. The second kappa shape index (κ2) is 35.7. The molecule has 1 aliphatic carbocycles. The monoisotopic (exact) mass is 889 g/mol. The Hall–Kier alpha value is -1.66. The van der Waals surface area contributed by atoms with Crippen molar-refractivity contribution >= 4 is 25.5 Å². The van der Waals surface area contributed by atoms with Crippen molar-refractivity contribution in [3.05, 3.63) is 12.2 Å². The van der Waals surface area contributed by atoms with Crippen molar-refractivity contribution in [2.24, 2.45) is 11.8 Å². The van der Waals surface area contributed by atoms with Crippen LogP contribution in [0.1, 0.15) is 200 Å². The van der Waals surface area contributed by atoms with Crippen LogP contribution in [-0.4, -0.2) is 103 Å². The molecule has 6 atom stereocenters. The fourth-order valence-corrected chi connectivity index (χ4v) is 8.54. The van der Waals surface area contributed by atoms with Crippen LogP contribution in [0, 0.1) is 11.8 Å². The van der Waals surface area contributed by atoms with Gasteiger partial charge in [-0.15, -0.1) is 0 Å². The summed E-state index contributed by atoms with van der Waals surface area (Å²) in [6, 6.07) is 0. The molecule has 13 heteroatoms. The van der Waals surface area contributed by atoms with E-state index in [0.29, 0.717) is 36.7 Å². The molecule has 12 nitrogen and oxygen atoms in total. The number of rotatable bonds is 41. The summed E-state index contributed by atoms with van der Waals surface area (Å²) in [5, 5.41) is 20.8. The first-order valence-electron chi connectivity index (χ1n) is 24.5. The lowest BCUT2D eigenvalue weighted by molar-refractivity contribution is -0.870. The number of hydrogen-bond acceptors (Lipinski definition) is 10. The fraction of sp³-hybridized carbons (Fsp3) is 0.896. The first-order valence-corrected chi connectivity index (χ1v) is 26.0. The summed E-state index contributed by atoms with van der Waals surface area (Å²) >= 11 is 0. The van der Waals surface area contributed by atoms with E-state index in [0.717, 1.165) is 57.8 Å². The highest BCUT2D eigenvalue weighted by atomic mass is 31.2. The second-order valence-electron chi connectivity index (χ2n) is 18.6. The SMILES string of the molecule is CCCCCCCCCCCCCCCCCCCC(=O)OC[C@H](COP(=O)(O)OCC[N+](C)(C)C)OC(=O)CCCCCC[C@H]1[C@@H](O)CC(=O)[C@@H]1/C=C/[C@@H](O)CCCCC. The number of likely N-dealkylation sites (N-methyl/N-ethyl adjacent to an activating group) is 1. The quantitative estimate of drug-likeness (QED) is 0.0176. The number of phosphoric ester groups is 1. The maximum Gasteiger partial charge on any atom is 0.472 e. The van der Waals surface area contributed by atoms with Crippen molar-refractivity contribution in [3.63, 3.8) is 0 Å². The number of phosphoric acid groups is 1. The van der Waals surface area contributed by atoms with E-state index in [-0.39, 0.29) is 44.2 Å². The van der Waals surface area contributed by atoms with Crippen LogP contribution in [-0.2, 0) is 37.5 Å². The van der Waals surface area contributed by atoms with Crippen molar-refractivity contribution in [3.8, 4) is 0 Å². The Labute approximate surface area is 371 Å². The van der Waals surface area contributed by atoms with E-state index < -0.39 is 50.6 Å². The van der Waals surface area contributed by atoms with Crippen molar-refractivity contribution in [1.29, 1.82) is 0 Å². The van der Waals surface area contributed by atoms with Gasteiger partial charge in [0.2, 0.25) is 0 Å². The number of esters is 2. The molecular formula is C48H91NO11P+. The van der Waals surface area contributed by atoms with Gasteiger partial charge in [-0.2, -0.15) is 0 Å². The van der Waals surface area contributed by atoms with Crippen LogP contribution in [0.2, 0.25) is 0 Å². The zero-order valence-electron chi connectivity index (χ0n) is 39.4. The molecule has 0 bridgehead atoms. The fourth-order valence-electron chi connectivity index (χ4n) is 7.80. The van der Waals surface area contributed by atoms with Gasteiger partial charge in [0, 0.05) is 25.2 Å². The van der Waals surface area contributed by atoms with Gasteiger partial charge in [0.15, 0.2) is 6.10 Å². The Morgan fingerprint density at radius 3 is 1.75 bits per heavy atom. The molecule has 0 spiro atoms. The number of ketones is 1. The van der Waals surface area contributed by atoms with Gasteiger partial charge in [-0.25, -0.2) is 4.57 Å². The van der Waals surface area contributed by atoms with Gasteiger partial charge in [0.05, 0.1) is 40.0 Å². The molecule has 1 aliphatic rings. The Bertz CT molecular complexity index is 1210. The predicted molar refractivity (Wildman–Crippen MR) is 244 cm³/mol. The molecule has 358 valence electrons. The number of Topliss-reactive ketones (excluding diaryl/α,β-unsaturated/α-hetero) is 1. The lowest BCUT2D eigenvalue weighted by Crippen LogP contribution is -2.37. The van der Waals surface area contributed by atoms with Crippen LogP contribution >= 0.6 is 7.82 Å². The Kier molecular flexibility index (Phi) is 33.5. The van der Waals surface area contributed by atoms with Crippen LogP contribution in [0.4, 0.5) is 0 Å². The minimum Gasteiger partial charge on any atom is -0.462 e. The van der Waals surface area contributed by atoms with Gasteiger partial charge in [-0.05, 0) is 31.6 Å². The highest BCUT2D eigenvalue weighted by molar-refractivity contribution is 7.47. The number of nitrogens with zero attached hydrogens (tertiary/aromatic N) is 1. The average Bonchev–Trinajstić information content (AvgIpc) is 3.47. The van der Waals surface area contributed by atoms with E-state index in [9.17, 15) is 34.1 Å². The molecule has 1 unspecified atom stereocenters. The molecule has 0 amide bonds. The van der Waals surface area contributed by atoms with Gasteiger partial charge in [-0.3, -0.25) is 23.4 Å². The molecule has 0 aliphatic heterocycles. The third-order valence-corrected chi connectivity index (χ3v) is 12.7. The number of hydrogen-bond donors (Lipinski definition) is 3. The third kappa shape index (κ3) is 32.6. The molecule has 0 aromatic carbocycles. The lowest BCUT2D eigenvalue weighted by Gasteiger charge is -2.24. The van der Waals surface area contributed by atoms with Gasteiger partial charge in [-0.1, -0.05) is 167 Å². The summed E-state index contributed by atoms with van der Waals surface area (Å²) in [5.41, 5.74) is 0. The number of allylic oxidation sites excluding steroid dienone is 1. The molecule has 1 rings (SSSR count). The topological polar surface area (TPSA) is 166 Å². The molecule has 0 heterocycles. The first kappa shape index (κ1) is 57.4. The summed E-state index contributed by atoms with van der Waals surface area (Å²) in [5.74, 6) is -1.52. The van der Waals surface area contributed by atoms with Crippen LogP contribution in [0.25, 0.3) is 0 Å². The van der Waals surface area contributed by atoms with Crippen LogP contribution in [0.3, 0.4) is 0 Å².